The number of β-amino-alcohol motifs (C(OH)–C–C–N with tert-alkyl or cyclic N) is 1. The molecular formula is C22H31N3O4. The Kier molecular flexibility index (Phi) is 6.72. The largest absolute Gasteiger partial charge is 0.496 e. The minimum absolute atomic E-state index is 0.106. The number of H-pyrrole nitrogens is 1. The van der Waals surface area contributed by atoms with E-state index in [0.717, 1.165) is 23.6 Å². The summed E-state index contributed by atoms with van der Waals surface area (Å²) in [5.74, 6) is 1.43. The summed E-state index contributed by atoms with van der Waals surface area (Å²) in [5, 5.41) is 10.3. The van der Waals surface area contributed by atoms with Gasteiger partial charge in [-0.3, -0.25) is 9.69 Å². The first-order valence-corrected chi connectivity index (χ1v) is 10.0. The van der Waals surface area contributed by atoms with Gasteiger partial charge in [0.2, 0.25) is 0 Å². The van der Waals surface area contributed by atoms with Crippen molar-refractivity contribution in [3.05, 3.63) is 57.3 Å². The topological polar surface area (TPSA) is 87.7 Å². The molecule has 1 aliphatic rings. The lowest BCUT2D eigenvalue weighted by Crippen LogP contribution is -2.42. The fourth-order valence-electron chi connectivity index (χ4n) is 3.50. The van der Waals surface area contributed by atoms with Gasteiger partial charge in [0.05, 0.1) is 36.7 Å². The van der Waals surface area contributed by atoms with Crippen LogP contribution in [0.15, 0.2) is 29.1 Å². The summed E-state index contributed by atoms with van der Waals surface area (Å²) in [6.45, 7) is 7.88. The molecule has 1 aromatic heterocycles. The molecule has 1 aliphatic heterocycles. The predicted molar refractivity (Wildman–Crippen MR) is 111 cm³/mol. The number of aromatic amines is 1. The van der Waals surface area contributed by atoms with Crippen LogP contribution in [-0.2, 0) is 24.1 Å². The van der Waals surface area contributed by atoms with Crippen molar-refractivity contribution in [2.24, 2.45) is 0 Å². The zero-order chi connectivity index (χ0) is 21.0. The molecule has 0 saturated carbocycles. The molecule has 0 radical (unpaired) electrons. The number of aliphatic hydroxyl groups excluding tert-OH is 1. The zero-order valence-electron chi connectivity index (χ0n) is 17.7. The summed E-state index contributed by atoms with van der Waals surface area (Å²) in [4.78, 5) is 22.4. The van der Waals surface area contributed by atoms with Gasteiger partial charge in [-0.25, -0.2) is 4.98 Å². The maximum Gasteiger partial charge on any atom is 0.255 e. The van der Waals surface area contributed by atoms with Gasteiger partial charge in [-0.1, -0.05) is 18.2 Å². The molecule has 0 aliphatic carbocycles. The molecule has 1 aromatic carbocycles. The van der Waals surface area contributed by atoms with Gasteiger partial charge in [0.15, 0.2) is 0 Å². The lowest BCUT2D eigenvalue weighted by molar-refractivity contribution is -0.0570. The monoisotopic (exact) mass is 401 g/mol. The van der Waals surface area contributed by atoms with E-state index in [2.05, 4.69) is 9.88 Å². The minimum Gasteiger partial charge on any atom is -0.496 e. The van der Waals surface area contributed by atoms with E-state index in [9.17, 15) is 9.90 Å². The van der Waals surface area contributed by atoms with Crippen LogP contribution in [0.5, 0.6) is 5.75 Å². The smallest absolute Gasteiger partial charge is 0.255 e. The molecule has 2 heterocycles. The van der Waals surface area contributed by atoms with Gasteiger partial charge < -0.3 is 19.6 Å². The number of aromatic nitrogens is 2. The molecule has 2 aromatic rings. The third-order valence-electron chi connectivity index (χ3n) is 4.92. The van der Waals surface area contributed by atoms with Gasteiger partial charge in [-0.15, -0.1) is 0 Å². The minimum atomic E-state index is -0.590. The van der Waals surface area contributed by atoms with Crippen LogP contribution in [0.4, 0.5) is 0 Å². The highest BCUT2D eigenvalue weighted by Gasteiger charge is 2.24. The van der Waals surface area contributed by atoms with Crippen molar-refractivity contribution in [3.8, 4) is 5.75 Å². The summed E-state index contributed by atoms with van der Waals surface area (Å²) in [5.41, 5.74) is 2.12. The maximum atomic E-state index is 12.7. The highest BCUT2D eigenvalue weighted by atomic mass is 16.5. The van der Waals surface area contributed by atoms with Gasteiger partial charge >= 0.3 is 0 Å². The number of hydrogen-bond donors (Lipinski definition) is 2. The highest BCUT2D eigenvalue weighted by Crippen LogP contribution is 2.21. The summed E-state index contributed by atoms with van der Waals surface area (Å²) >= 11 is 0. The number of nitrogens with one attached hydrogen (secondary N) is 1. The number of ether oxygens (including phenoxy) is 2. The third kappa shape index (κ3) is 5.88. The fraction of sp³-hybridized carbons (Fsp3) is 0.545. The van der Waals surface area contributed by atoms with Crippen LogP contribution in [0.25, 0.3) is 0 Å². The molecule has 158 valence electrons. The summed E-state index contributed by atoms with van der Waals surface area (Å²) in [7, 11) is 1.64. The predicted octanol–water partition coefficient (Wildman–Crippen LogP) is 1.90. The Labute approximate surface area is 171 Å². The Balaban J connectivity index is 1.67. The number of aliphatic hydroxyl groups is 1. The van der Waals surface area contributed by atoms with E-state index in [0.29, 0.717) is 37.3 Å². The number of rotatable bonds is 7. The van der Waals surface area contributed by atoms with E-state index in [1.807, 2.05) is 45.0 Å². The standard InChI is InChI=1S/C22H31N3O4/c1-22(2,3)29-14-16(26)12-25-10-9-18-17(13-25)21(27)24-20(23-18)11-15-7-5-6-8-19(15)28-4/h5-8,16,26H,9-14H2,1-4H3,(H,23,24,27)/t16-/m0/s1. The quantitative estimate of drug-likeness (QED) is 0.737. The Morgan fingerprint density at radius 1 is 1.31 bits per heavy atom. The molecule has 0 fully saturated rings. The Morgan fingerprint density at radius 3 is 2.79 bits per heavy atom. The summed E-state index contributed by atoms with van der Waals surface area (Å²) in [6.07, 6.45) is 0.608. The van der Waals surface area contributed by atoms with Crippen molar-refractivity contribution in [2.45, 2.75) is 51.9 Å². The lowest BCUT2D eigenvalue weighted by atomic mass is 10.1. The van der Waals surface area contributed by atoms with E-state index in [1.165, 1.54) is 0 Å². The van der Waals surface area contributed by atoms with Crippen LogP contribution < -0.4 is 10.3 Å². The van der Waals surface area contributed by atoms with Crippen molar-refractivity contribution in [3.63, 3.8) is 0 Å². The van der Waals surface area contributed by atoms with Crippen LogP contribution in [0.2, 0.25) is 0 Å². The number of benzene rings is 1. The number of para-hydroxylation sites is 1. The van der Waals surface area contributed by atoms with E-state index in [4.69, 9.17) is 14.5 Å². The van der Waals surface area contributed by atoms with Gasteiger partial charge in [-0.05, 0) is 26.8 Å². The van der Waals surface area contributed by atoms with E-state index in [1.54, 1.807) is 7.11 Å². The molecule has 0 bridgehead atoms. The van der Waals surface area contributed by atoms with Crippen molar-refractivity contribution in [1.82, 2.24) is 14.9 Å². The first-order valence-electron chi connectivity index (χ1n) is 10.0. The molecule has 0 saturated heterocycles. The highest BCUT2D eigenvalue weighted by molar-refractivity contribution is 5.35. The number of hydrogen-bond acceptors (Lipinski definition) is 6. The second kappa shape index (κ2) is 9.07. The third-order valence-corrected chi connectivity index (χ3v) is 4.92. The molecule has 7 nitrogen and oxygen atoms in total. The number of methoxy groups -OCH3 is 1. The SMILES string of the molecule is COc1ccccc1Cc1nc2c(c(=O)[nH]1)CN(C[C@H](O)COC(C)(C)C)CC2. The second-order valence-corrected chi connectivity index (χ2v) is 8.49. The van der Waals surface area contributed by atoms with Crippen LogP contribution in [-0.4, -0.2) is 58.5 Å². The fourth-order valence-corrected chi connectivity index (χ4v) is 3.50. The van der Waals surface area contributed by atoms with Gasteiger partial charge in [0.25, 0.3) is 5.56 Å². The van der Waals surface area contributed by atoms with Gasteiger partial charge in [0, 0.05) is 38.0 Å². The zero-order valence-corrected chi connectivity index (χ0v) is 17.7. The molecule has 0 amide bonds. The van der Waals surface area contributed by atoms with E-state index >= 15 is 0 Å². The van der Waals surface area contributed by atoms with Crippen molar-refractivity contribution in [2.75, 3.05) is 26.8 Å². The lowest BCUT2D eigenvalue weighted by Gasteiger charge is -2.30. The van der Waals surface area contributed by atoms with Crippen LogP contribution in [0.1, 0.15) is 43.4 Å². The first kappa shape index (κ1) is 21.5. The molecule has 0 spiro atoms. The maximum absolute atomic E-state index is 12.7. The average molecular weight is 402 g/mol. The van der Waals surface area contributed by atoms with Crippen LogP contribution in [0.3, 0.4) is 0 Å². The molecular weight excluding hydrogens is 370 g/mol. The first-order chi connectivity index (χ1) is 13.7. The van der Waals surface area contributed by atoms with Crippen molar-refractivity contribution < 1.29 is 14.6 Å². The Hall–Kier alpha value is -2.22. The number of nitrogens with zero attached hydrogens (tertiary/aromatic N) is 2. The molecule has 0 unspecified atom stereocenters. The average Bonchev–Trinajstić information content (AvgIpc) is 2.67. The summed E-state index contributed by atoms with van der Waals surface area (Å²) < 4.78 is 11.0. The Morgan fingerprint density at radius 2 is 2.07 bits per heavy atom. The molecule has 29 heavy (non-hydrogen) atoms. The van der Waals surface area contributed by atoms with E-state index in [-0.39, 0.29) is 17.8 Å². The molecule has 3 rings (SSSR count). The van der Waals surface area contributed by atoms with E-state index < -0.39 is 6.10 Å². The summed E-state index contributed by atoms with van der Waals surface area (Å²) in [6, 6.07) is 7.74. The second-order valence-electron chi connectivity index (χ2n) is 8.49. The van der Waals surface area contributed by atoms with Gasteiger partial charge in [-0.2, -0.15) is 0 Å². The van der Waals surface area contributed by atoms with Gasteiger partial charge in [0.1, 0.15) is 11.6 Å². The number of fused-ring (bicyclic) bond motifs is 1. The van der Waals surface area contributed by atoms with Crippen molar-refractivity contribution in [1.29, 1.82) is 0 Å². The molecule has 1 atom stereocenters. The molecule has 7 heteroatoms. The van der Waals surface area contributed by atoms with Crippen molar-refractivity contribution >= 4 is 0 Å². The normalized spacial score (nSPS) is 15.8. The Bertz CT molecular complexity index is 888. The van der Waals surface area contributed by atoms with Crippen LogP contribution in [0, 0.1) is 0 Å². The molecule has 2 N–H and O–H groups in total. The van der Waals surface area contributed by atoms with Crippen LogP contribution >= 0.6 is 0 Å².